The van der Waals surface area contributed by atoms with Crippen LogP contribution in [0, 0.1) is 5.92 Å². The van der Waals surface area contributed by atoms with Crippen molar-refractivity contribution in [3.8, 4) is 0 Å². The molecule has 17 heavy (non-hydrogen) atoms. The molecule has 0 amide bonds. The molecule has 0 bridgehead atoms. The quantitative estimate of drug-likeness (QED) is 0.736. The second-order valence-electron chi connectivity index (χ2n) is 4.94. The third-order valence-electron chi connectivity index (χ3n) is 2.94. The van der Waals surface area contributed by atoms with Crippen molar-refractivity contribution >= 4 is 10.2 Å². The van der Waals surface area contributed by atoms with Gasteiger partial charge < -0.3 is 5.32 Å². The number of hydrogen-bond acceptors (Lipinski definition) is 3. The number of nitrogens with one attached hydrogen (secondary N) is 2. The summed E-state index contributed by atoms with van der Waals surface area (Å²) >= 11 is 0. The highest BCUT2D eigenvalue weighted by molar-refractivity contribution is 7.87. The molecular formula is C11H25N3O2S. The minimum atomic E-state index is -3.32. The molecule has 1 aliphatic heterocycles. The Morgan fingerprint density at radius 2 is 2.18 bits per heavy atom. The molecule has 1 saturated heterocycles. The second kappa shape index (κ2) is 6.68. The Bertz CT molecular complexity index is 311. The van der Waals surface area contributed by atoms with Crippen LogP contribution in [0.5, 0.6) is 0 Å². The fraction of sp³-hybridized carbons (Fsp3) is 1.00. The van der Waals surface area contributed by atoms with Crippen molar-refractivity contribution in [3.63, 3.8) is 0 Å². The Kier molecular flexibility index (Phi) is 5.85. The first-order valence-corrected chi connectivity index (χ1v) is 7.87. The molecule has 1 rings (SSSR count). The van der Waals surface area contributed by atoms with Gasteiger partial charge in [-0.3, -0.25) is 0 Å². The molecule has 1 unspecified atom stereocenters. The van der Waals surface area contributed by atoms with Gasteiger partial charge in [0.25, 0.3) is 10.2 Å². The smallest absolute Gasteiger partial charge is 0.279 e. The second-order valence-corrected chi connectivity index (χ2v) is 6.64. The van der Waals surface area contributed by atoms with Gasteiger partial charge in [0.1, 0.15) is 0 Å². The maximum Gasteiger partial charge on any atom is 0.279 e. The van der Waals surface area contributed by atoms with Crippen molar-refractivity contribution in [2.45, 2.75) is 39.7 Å². The van der Waals surface area contributed by atoms with Crippen molar-refractivity contribution in [2.75, 3.05) is 26.2 Å². The highest BCUT2D eigenvalue weighted by Gasteiger charge is 2.25. The first kappa shape index (κ1) is 14.9. The van der Waals surface area contributed by atoms with Crippen molar-refractivity contribution in [3.05, 3.63) is 0 Å². The van der Waals surface area contributed by atoms with Gasteiger partial charge in [-0.2, -0.15) is 17.4 Å². The summed E-state index contributed by atoms with van der Waals surface area (Å²) in [5.74, 6) is 0.437. The summed E-state index contributed by atoms with van der Waals surface area (Å²) in [6.45, 7) is 8.69. The van der Waals surface area contributed by atoms with Crippen LogP contribution >= 0.6 is 0 Å². The summed E-state index contributed by atoms with van der Waals surface area (Å²) in [4.78, 5) is 0. The highest BCUT2D eigenvalue weighted by Crippen LogP contribution is 2.13. The van der Waals surface area contributed by atoms with Crippen LogP contribution in [-0.4, -0.2) is 44.9 Å². The molecule has 1 aliphatic rings. The summed E-state index contributed by atoms with van der Waals surface area (Å²) < 4.78 is 28.3. The van der Waals surface area contributed by atoms with Crippen LogP contribution in [0.15, 0.2) is 0 Å². The molecule has 1 atom stereocenters. The minimum Gasteiger partial charge on any atom is -0.316 e. The topological polar surface area (TPSA) is 61.4 Å². The zero-order valence-electron chi connectivity index (χ0n) is 11.1. The molecule has 0 spiro atoms. The van der Waals surface area contributed by atoms with Gasteiger partial charge in [0.05, 0.1) is 0 Å². The maximum atomic E-state index is 12.0. The third-order valence-corrected chi connectivity index (χ3v) is 4.79. The molecule has 1 fully saturated rings. The number of rotatable bonds is 6. The number of nitrogens with zero attached hydrogens (tertiary/aromatic N) is 1. The van der Waals surface area contributed by atoms with E-state index < -0.39 is 10.2 Å². The first-order chi connectivity index (χ1) is 7.95. The number of hydrogen-bond donors (Lipinski definition) is 2. The van der Waals surface area contributed by atoms with E-state index in [1.54, 1.807) is 4.31 Å². The Morgan fingerprint density at radius 3 is 2.65 bits per heavy atom. The Labute approximate surface area is 105 Å². The lowest BCUT2D eigenvalue weighted by Gasteiger charge is -2.29. The van der Waals surface area contributed by atoms with Gasteiger partial charge in [0, 0.05) is 19.1 Å². The average Bonchev–Trinajstić information content (AvgIpc) is 2.25. The SMILES string of the molecule is CCN(CC1CCCNC1)S(=O)(=O)NC(C)C. The van der Waals surface area contributed by atoms with Gasteiger partial charge in [-0.15, -0.1) is 0 Å². The lowest BCUT2D eigenvalue weighted by molar-refractivity contribution is 0.294. The van der Waals surface area contributed by atoms with Crippen molar-refractivity contribution in [1.29, 1.82) is 0 Å². The molecule has 0 saturated carbocycles. The fourth-order valence-corrected chi connectivity index (χ4v) is 3.63. The molecule has 0 aliphatic carbocycles. The zero-order valence-corrected chi connectivity index (χ0v) is 11.9. The molecule has 0 radical (unpaired) electrons. The Balaban J connectivity index is 2.57. The predicted octanol–water partition coefficient (Wildman–Crippen LogP) is 0.551. The normalized spacial score (nSPS) is 22.3. The first-order valence-electron chi connectivity index (χ1n) is 6.43. The summed E-state index contributed by atoms with van der Waals surface area (Å²) in [6.07, 6.45) is 2.25. The molecule has 0 aromatic carbocycles. The van der Waals surface area contributed by atoms with E-state index >= 15 is 0 Å². The fourth-order valence-electron chi connectivity index (χ4n) is 2.14. The molecule has 0 aromatic heterocycles. The molecule has 2 N–H and O–H groups in total. The summed E-state index contributed by atoms with van der Waals surface area (Å²) in [6, 6.07) is -0.0569. The molecule has 102 valence electrons. The van der Waals surface area contributed by atoms with Crippen molar-refractivity contribution in [2.24, 2.45) is 5.92 Å². The van der Waals surface area contributed by atoms with Crippen LogP contribution in [0.1, 0.15) is 33.6 Å². The Hall–Kier alpha value is -0.170. The summed E-state index contributed by atoms with van der Waals surface area (Å²) in [5.41, 5.74) is 0. The van der Waals surface area contributed by atoms with Gasteiger partial charge in [0.2, 0.25) is 0 Å². The Morgan fingerprint density at radius 1 is 1.47 bits per heavy atom. The average molecular weight is 263 g/mol. The number of piperidine rings is 1. The van der Waals surface area contributed by atoms with Gasteiger partial charge in [0.15, 0.2) is 0 Å². The van der Waals surface area contributed by atoms with Crippen LogP contribution in [-0.2, 0) is 10.2 Å². The van der Waals surface area contributed by atoms with Crippen LogP contribution < -0.4 is 10.0 Å². The lowest BCUT2D eigenvalue weighted by Crippen LogP contribution is -2.47. The van der Waals surface area contributed by atoms with E-state index in [9.17, 15) is 8.42 Å². The molecule has 1 heterocycles. The standard InChI is InChI=1S/C11H25N3O2S/c1-4-14(17(15,16)13-10(2)3)9-11-6-5-7-12-8-11/h10-13H,4-9H2,1-3H3. The lowest BCUT2D eigenvalue weighted by atomic mass is 10.00. The summed E-state index contributed by atoms with van der Waals surface area (Å²) in [5, 5.41) is 3.31. The molecule has 0 aromatic rings. The minimum absolute atomic E-state index is 0.0569. The van der Waals surface area contributed by atoms with Crippen LogP contribution in [0.2, 0.25) is 0 Å². The highest BCUT2D eigenvalue weighted by atomic mass is 32.2. The molecule has 5 nitrogen and oxygen atoms in total. The van der Waals surface area contributed by atoms with Crippen LogP contribution in [0.25, 0.3) is 0 Å². The van der Waals surface area contributed by atoms with Crippen LogP contribution in [0.4, 0.5) is 0 Å². The van der Waals surface area contributed by atoms with Crippen molar-refractivity contribution in [1.82, 2.24) is 14.3 Å². The van der Waals surface area contributed by atoms with Gasteiger partial charge in [-0.25, -0.2) is 0 Å². The van der Waals surface area contributed by atoms with E-state index in [1.807, 2.05) is 20.8 Å². The monoisotopic (exact) mass is 263 g/mol. The van der Waals surface area contributed by atoms with E-state index in [2.05, 4.69) is 10.0 Å². The third kappa shape index (κ3) is 4.91. The van der Waals surface area contributed by atoms with E-state index in [4.69, 9.17) is 0 Å². The van der Waals surface area contributed by atoms with E-state index in [1.165, 1.54) is 0 Å². The molecule has 6 heteroatoms. The predicted molar refractivity (Wildman–Crippen MR) is 70.0 cm³/mol. The zero-order chi connectivity index (χ0) is 12.9. The van der Waals surface area contributed by atoms with Gasteiger partial charge >= 0.3 is 0 Å². The van der Waals surface area contributed by atoms with Gasteiger partial charge in [-0.05, 0) is 45.7 Å². The largest absolute Gasteiger partial charge is 0.316 e. The summed E-state index contributed by atoms with van der Waals surface area (Å²) in [7, 11) is -3.32. The van der Waals surface area contributed by atoms with Crippen LogP contribution in [0.3, 0.4) is 0 Å². The van der Waals surface area contributed by atoms with E-state index in [-0.39, 0.29) is 6.04 Å². The van der Waals surface area contributed by atoms with E-state index in [0.29, 0.717) is 19.0 Å². The van der Waals surface area contributed by atoms with Crippen molar-refractivity contribution < 1.29 is 8.42 Å². The molecular weight excluding hydrogens is 238 g/mol. The van der Waals surface area contributed by atoms with E-state index in [0.717, 1.165) is 25.9 Å². The maximum absolute atomic E-state index is 12.0. The van der Waals surface area contributed by atoms with Gasteiger partial charge in [-0.1, -0.05) is 6.92 Å².